The van der Waals surface area contributed by atoms with Crippen molar-refractivity contribution in [2.75, 3.05) is 12.5 Å². The first-order valence-corrected chi connectivity index (χ1v) is 6.98. The summed E-state index contributed by atoms with van der Waals surface area (Å²) < 4.78 is 2.84. The van der Waals surface area contributed by atoms with E-state index in [0.717, 1.165) is 0 Å². The van der Waals surface area contributed by atoms with Crippen molar-refractivity contribution in [1.29, 1.82) is 0 Å². The van der Waals surface area contributed by atoms with Crippen LogP contribution in [0.3, 0.4) is 0 Å². The first kappa shape index (κ1) is 7.85. The summed E-state index contributed by atoms with van der Waals surface area (Å²) >= 11 is 3.64. The Morgan fingerprint density at radius 2 is 2.22 bits per heavy atom. The molecule has 0 saturated carbocycles. The Morgan fingerprint density at radius 3 is 2.56 bits per heavy atom. The average molecular weight is 195 g/mol. The highest BCUT2D eigenvalue weighted by Gasteiger charge is 2.10. The molecule has 1 rings (SSSR count). The molecule has 0 aliphatic rings. The maximum absolute atomic E-state index is 2.24. The largest absolute Gasteiger partial charge is 0.308 e. The van der Waals surface area contributed by atoms with Crippen molar-refractivity contribution in [1.82, 2.24) is 0 Å². The van der Waals surface area contributed by atoms with E-state index in [4.69, 9.17) is 0 Å². The molecule has 0 radical (unpaired) electrons. The zero-order chi connectivity index (χ0) is 6.69. The average Bonchev–Trinajstić information content (AvgIpc) is 2.34. The molecule has 0 saturated heterocycles. The summed E-state index contributed by atoms with van der Waals surface area (Å²) in [7, 11) is 3.72. The van der Waals surface area contributed by atoms with Crippen molar-refractivity contribution >= 4 is 44.2 Å². The van der Waals surface area contributed by atoms with Gasteiger partial charge in [0.15, 0.2) is 10.3 Å². The number of rotatable bonds is 2. The summed E-state index contributed by atoms with van der Waals surface area (Å²) in [6, 6.07) is 2.24. The van der Waals surface area contributed by atoms with Crippen molar-refractivity contribution in [2.24, 2.45) is 0 Å². The Kier molecular flexibility index (Phi) is 3.32. The second-order valence-electron chi connectivity index (χ2n) is 1.36. The predicted molar refractivity (Wildman–Crippen MR) is 50.2 cm³/mol. The highest BCUT2D eigenvalue weighted by Crippen LogP contribution is 2.33. The van der Waals surface area contributed by atoms with Gasteiger partial charge in [-0.05, 0) is 12.5 Å². The lowest BCUT2D eigenvalue weighted by atomic mass is 10.8. The third-order valence-corrected chi connectivity index (χ3v) is 5.99. The molecule has 0 unspecified atom stereocenters. The number of hydrogen-bond acceptors (Lipinski definition) is 3. The molecule has 1 heterocycles. The standard InChI is InChI=1S/C5H7S4/c1-6-4-3-5(7-2)9-8-4/h3H,1-2H3/q+1. The van der Waals surface area contributed by atoms with Crippen molar-refractivity contribution in [3.63, 3.8) is 0 Å². The Morgan fingerprint density at radius 1 is 1.44 bits per heavy atom. The maximum atomic E-state index is 2.24. The molecule has 4 heteroatoms. The van der Waals surface area contributed by atoms with Gasteiger partial charge in [-0.15, -0.1) is 11.8 Å². The molecule has 1 aromatic rings. The van der Waals surface area contributed by atoms with Crippen LogP contribution in [0.2, 0.25) is 0 Å². The van der Waals surface area contributed by atoms with E-state index < -0.39 is 0 Å². The number of thioether (sulfide) groups is 2. The summed E-state index contributed by atoms with van der Waals surface area (Å²) in [5, 5.41) is 0. The van der Waals surface area contributed by atoms with Crippen LogP contribution < -0.4 is 0 Å². The fourth-order valence-corrected chi connectivity index (χ4v) is 4.84. The molecule has 0 nitrogen and oxygen atoms in total. The second kappa shape index (κ2) is 3.81. The van der Waals surface area contributed by atoms with E-state index in [1.54, 1.807) is 0 Å². The quantitative estimate of drug-likeness (QED) is 0.402. The minimum absolute atomic E-state index is 1.42. The topological polar surface area (TPSA) is 0 Å². The third-order valence-electron chi connectivity index (χ3n) is 0.844. The summed E-state index contributed by atoms with van der Waals surface area (Å²) in [6.07, 6.45) is 4.23. The molecule has 0 fully saturated rings. The fourth-order valence-electron chi connectivity index (χ4n) is 0.412. The van der Waals surface area contributed by atoms with Crippen LogP contribution >= 0.6 is 44.2 Å². The monoisotopic (exact) mass is 195 g/mol. The molecule has 0 spiro atoms. The van der Waals surface area contributed by atoms with Crippen LogP contribution in [-0.4, -0.2) is 12.5 Å². The third kappa shape index (κ3) is 2.11. The lowest BCUT2D eigenvalue weighted by Gasteiger charge is -1.74. The molecule has 1 aromatic heterocycles. The van der Waals surface area contributed by atoms with E-state index in [-0.39, 0.29) is 0 Å². The van der Waals surface area contributed by atoms with Crippen LogP contribution in [-0.2, 0) is 0 Å². The lowest BCUT2D eigenvalue weighted by Crippen LogP contribution is -1.53. The van der Waals surface area contributed by atoms with E-state index in [1.165, 1.54) is 8.42 Å². The zero-order valence-corrected chi connectivity index (χ0v) is 8.48. The van der Waals surface area contributed by atoms with Crippen LogP contribution in [0.4, 0.5) is 0 Å². The van der Waals surface area contributed by atoms with Crippen molar-refractivity contribution in [2.45, 2.75) is 8.42 Å². The molecule has 0 bridgehead atoms. The van der Waals surface area contributed by atoms with Gasteiger partial charge in [0, 0.05) is 6.07 Å². The summed E-state index contributed by atoms with van der Waals surface area (Å²) in [5.74, 6) is 0. The van der Waals surface area contributed by atoms with Gasteiger partial charge in [0.1, 0.15) is 4.21 Å². The smallest absolute Gasteiger partial charge is 0.114 e. The van der Waals surface area contributed by atoms with Crippen LogP contribution in [0, 0.1) is 0 Å². The van der Waals surface area contributed by atoms with Gasteiger partial charge in [-0.25, -0.2) is 0 Å². The van der Waals surface area contributed by atoms with Crippen LogP contribution in [0.25, 0.3) is 0 Å². The van der Waals surface area contributed by atoms with Crippen molar-refractivity contribution in [3.05, 3.63) is 6.07 Å². The SMILES string of the molecule is CSc1cc(SC)[s+]s1. The van der Waals surface area contributed by atoms with Crippen LogP contribution in [0.5, 0.6) is 0 Å². The van der Waals surface area contributed by atoms with Gasteiger partial charge in [0.25, 0.3) is 4.21 Å². The summed E-state index contributed by atoms with van der Waals surface area (Å²) in [4.78, 5) is 0. The molecule has 50 valence electrons. The predicted octanol–water partition coefficient (Wildman–Crippen LogP) is 3.53. The van der Waals surface area contributed by atoms with Gasteiger partial charge >= 0.3 is 10.3 Å². The minimum Gasteiger partial charge on any atom is -0.114 e. The van der Waals surface area contributed by atoms with Gasteiger partial charge in [-0.1, -0.05) is 11.8 Å². The molecule has 0 aromatic carbocycles. The molecular formula is C5H7S4+. The molecule has 0 N–H and O–H groups in total. The highest BCUT2D eigenvalue weighted by atomic mass is 32.9. The molecule has 0 aliphatic carbocycles. The molecule has 0 aliphatic heterocycles. The first-order valence-electron chi connectivity index (χ1n) is 2.38. The molecular weight excluding hydrogens is 188 g/mol. The van der Waals surface area contributed by atoms with Crippen molar-refractivity contribution in [3.8, 4) is 0 Å². The first-order chi connectivity index (χ1) is 4.36. The van der Waals surface area contributed by atoms with Crippen LogP contribution in [0.15, 0.2) is 14.5 Å². The van der Waals surface area contributed by atoms with Gasteiger partial charge in [0.05, 0.1) is 0 Å². The Balaban J connectivity index is 2.74. The van der Waals surface area contributed by atoms with Crippen molar-refractivity contribution < 1.29 is 0 Å². The van der Waals surface area contributed by atoms with Gasteiger partial charge in [-0.3, -0.25) is 0 Å². The highest BCUT2D eigenvalue weighted by molar-refractivity contribution is 8.04. The normalized spacial score (nSPS) is 10.0. The fraction of sp³-hybridized carbons (Fsp3) is 0.400. The van der Waals surface area contributed by atoms with E-state index >= 15 is 0 Å². The second-order valence-corrected chi connectivity index (χ2v) is 5.78. The van der Waals surface area contributed by atoms with E-state index in [1.807, 2.05) is 44.2 Å². The molecule has 9 heavy (non-hydrogen) atoms. The summed E-state index contributed by atoms with van der Waals surface area (Å²) in [5.41, 5.74) is 0. The van der Waals surface area contributed by atoms with E-state index in [9.17, 15) is 0 Å². The summed E-state index contributed by atoms with van der Waals surface area (Å²) in [6.45, 7) is 0. The van der Waals surface area contributed by atoms with E-state index in [2.05, 4.69) is 18.6 Å². The Labute approximate surface area is 71.1 Å². The maximum Gasteiger partial charge on any atom is 0.308 e. The lowest BCUT2D eigenvalue weighted by molar-refractivity contribution is 1.60. The van der Waals surface area contributed by atoms with Crippen LogP contribution in [0.1, 0.15) is 0 Å². The molecule has 0 amide bonds. The number of hydrogen-bond donors (Lipinski definition) is 0. The van der Waals surface area contributed by atoms with E-state index in [0.29, 0.717) is 0 Å². The van der Waals surface area contributed by atoms with Gasteiger partial charge in [0.2, 0.25) is 0 Å². The Bertz CT molecular complexity index is 162. The van der Waals surface area contributed by atoms with Gasteiger partial charge in [-0.2, -0.15) is 0 Å². The van der Waals surface area contributed by atoms with Gasteiger partial charge < -0.3 is 0 Å². The molecule has 0 atom stereocenters. The minimum atomic E-state index is 1.42. The Hall–Kier alpha value is 0.750. The zero-order valence-electron chi connectivity index (χ0n) is 5.21.